The van der Waals surface area contributed by atoms with E-state index in [9.17, 15) is 0 Å². The molecular formula is C43H59N3O6. The zero-order valence-corrected chi connectivity index (χ0v) is 32.1. The Labute approximate surface area is 311 Å². The van der Waals surface area contributed by atoms with Crippen LogP contribution in [0, 0.1) is 5.92 Å². The van der Waals surface area contributed by atoms with Gasteiger partial charge in [0.1, 0.15) is 23.9 Å². The van der Waals surface area contributed by atoms with Crippen molar-refractivity contribution in [2.75, 3.05) is 54.1 Å². The van der Waals surface area contributed by atoms with Crippen molar-refractivity contribution in [1.29, 1.82) is 0 Å². The predicted molar refractivity (Wildman–Crippen MR) is 209 cm³/mol. The molecule has 4 aromatic rings. The van der Waals surface area contributed by atoms with Gasteiger partial charge in [0.05, 0.1) is 38.7 Å². The molecule has 52 heavy (non-hydrogen) atoms. The lowest BCUT2D eigenvalue weighted by Crippen LogP contribution is -2.39. The lowest BCUT2D eigenvalue weighted by Gasteiger charge is -2.32. The van der Waals surface area contributed by atoms with Crippen molar-refractivity contribution in [3.63, 3.8) is 0 Å². The zero-order valence-electron chi connectivity index (χ0n) is 32.1. The summed E-state index contributed by atoms with van der Waals surface area (Å²) < 4.78 is 34.8. The summed E-state index contributed by atoms with van der Waals surface area (Å²) >= 11 is 0. The lowest BCUT2D eigenvalue weighted by atomic mass is 9.91. The van der Waals surface area contributed by atoms with E-state index in [4.69, 9.17) is 28.2 Å². The molecule has 0 amide bonds. The highest BCUT2D eigenvalue weighted by atomic mass is 16.7. The summed E-state index contributed by atoms with van der Waals surface area (Å²) in [7, 11) is 5.45. The smallest absolute Gasteiger partial charge is 0.175 e. The minimum atomic E-state index is -0.0592. The van der Waals surface area contributed by atoms with Crippen LogP contribution in [0.1, 0.15) is 62.4 Å². The monoisotopic (exact) mass is 713 g/mol. The van der Waals surface area contributed by atoms with Crippen LogP contribution in [0.4, 0.5) is 0 Å². The molecule has 2 aliphatic rings. The number of aryl methyl sites for hydroxylation is 1. The topological polar surface area (TPSA) is 78.7 Å². The molecule has 9 heteroatoms. The Morgan fingerprint density at radius 3 is 2.35 bits per heavy atom. The van der Waals surface area contributed by atoms with Gasteiger partial charge >= 0.3 is 0 Å². The Kier molecular flexibility index (Phi) is 17.2. The van der Waals surface area contributed by atoms with E-state index >= 15 is 0 Å². The first kappa shape index (κ1) is 40.6. The number of fused-ring (bicyclic) bond motifs is 1. The third-order valence-corrected chi connectivity index (χ3v) is 9.30. The van der Waals surface area contributed by atoms with Crippen molar-refractivity contribution in [2.45, 2.75) is 72.4 Å². The molecular weight excluding hydrogens is 654 g/mol. The molecule has 2 saturated heterocycles. The zero-order chi connectivity index (χ0) is 37.1. The Morgan fingerprint density at radius 2 is 1.69 bits per heavy atom. The number of methoxy groups -OCH3 is 2. The van der Waals surface area contributed by atoms with E-state index in [0.29, 0.717) is 38.8 Å². The van der Waals surface area contributed by atoms with E-state index in [1.54, 1.807) is 20.3 Å². The van der Waals surface area contributed by atoms with E-state index in [1.165, 1.54) is 12.8 Å². The normalized spacial score (nSPS) is 15.3. The number of nitrogens with zero attached hydrogens (tertiary/aromatic N) is 3. The number of allylic oxidation sites excluding steroid dienone is 3. The largest absolute Gasteiger partial charge is 0.497 e. The fourth-order valence-electron chi connectivity index (χ4n) is 6.55. The van der Waals surface area contributed by atoms with Gasteiger partial charge in [0.2, 0.25) is 0 Å². The van der Waals surface area contributed by atoms with Gasteiger partial charge in [0.15, 0.2) is 11.9 Å². The van der Waals surface area contributed by atoms with E-state index < -0.39 is 0 Å². The number of ether oxygens (including phenoxy) is 5. The molecule has 0 aliphatic carbocycles. The fourth-order valence-corrected chi connectivity index (χ4v) is 6.55. The second kappa shape index (κ2) is 22.0. The second-order valence-electron chi connectivity index (χ2n) is 12.9. The molecule has 2 fully saturated rings. The van der Waals surface area contributed by atoms with Crippen molar-refractivity contribution >= 4 is 11.0 Å². The maximum absolute atomic E-state index is 6.40. The average molecular weight is 714 g/mol. The van der Waals surface area contributed by atoms with E-state index in [2.05, 4.69) is 58.9 Å². The van der Waals surface area contributed by atoms with Crippen LogP contribution >= 0.6 is 0 Å². The van der Waals surface area contributed by atoms with Crippen LogP contribution in [0.5, 0.6) is 17.2 Å². The average Bonchev–Trinajstić information content (AvgIpc) is 3.86. The molecule has 9 nitrogen and oxygen atoms in total. The Bertz CT molecular complexity index is 1640. The second-order valence-corrected chi connectivity index (χ2v) is 12.9. The minimum Gasteiger partial charge on any atom is -0.497 e. The fraction of sp³-hybridized carbons (Fsp3) is 0.465. The van der Waals surface area contributed by atoms with Crippen molar-refractivity contribution in [3.8, 4) is 17.2 Å². The molecule has 282 valence electrons. The van der Waals surface area contributed by atoms with Gasteiger partial charge in [-0.15, -0.1) is 0 Å². The summed E-state index contributed by atoms with van der Waals surface area (Å²) in [5, 5.41) is 5.66. The van der Waals surface area contributed by atoms with Gasteiger partial charge in [0.25, 0.3) is 0 Å². The molecule has 0 radical (unpaired) electrons. The molecule has 0 N–H and O–H groups in total. The number of likely N-dealkylation sites (tertiary alicyclic amines) is 1. The van der Waals surface area contributed by atoms with Crippen molar-refractivity contribution in [3.05, 3.63) is 108 Å². The van der Waals surface area contributed by atoms with Gasteiger partial charge in [0, 0.05) is 36.7 Å². The van der Waals surface area contributed by atoms with Gasteiger partial charge < -0.3 is 28.2 Å². The summed E-state index contributed by atoms with van der Waals surface area (Å²) in [6, 6.07) is 20.4. The number of piperidine rings is 1. The summed E-state index contributed by atoms with van der Waals surface area (Å²) in [4.78, 5) is 4.71. The first-order valence-electron chi connectivity index (χ1n) is 18.7. The number of hydrogen-bond acceptors (Lipinski definition) is 9. The van der Waals surface area contributed by atoms with Crippen molar-refractivity contribution in [2.24, 2.45) is 5.92 Å². The lowest BCUT2D eigenvalue weighted by molar-refractivity contribution is -0.0661. The third kappa shape index (κ3) is 12.0. The van der Waals surface area contributed by atoms with Gasteiger partial charge in [-0.3, -0.25) is 9.80 Å². The number of hydrogen-bond donors (Lipinski definition) is 0. The number of aromatic nitrogens is 1. The maximum Gasteiger partial charge on any atom is 0.175 e. The summed E-state index contributed by atoms with van der Waals surface area (Å²) in [6.45, 7) is 15.7. The van der Waals surface area contributed by atoms with Crippen molar-refractivity contribution in [1.82, 2.24) is 15.0 Å². The summed E-state index contributed by atoms with van der Waals surface area (Å²) in [6.07, 6.45) is 9.89. The van der Waals surface area contributed by atoms with E-state index in [-0.39, 0.29) is 6.29 Å². The predicted octanol–water partition coefficient (Wildman–Crippen LogP) is 8.85. The van der Waals surface area contributed by atoms with Crippen LogP contribution < -0.4 is 14.2 Å². The summed E-state index contributed by atoms with van der Waals surface area (Å²) in [5.41, 5.74) is 5.02. The van der Waals surface area contributed by atoms with Crippen LogP contribution in [0.25, 0.3) is 11.0 Å². The van der Waals surface area contributed by atoms with Crippen LogP contribution in [-0.2, 0) is 35.6 Å². The Hall–Kier alpha value is -4.15. The van der Waals surface area contributed by atoms with Crippen LogP contribution in [0.3, 0.4) is 0 Å². The van der Waals surface area contributed by atoms with E-state index in [1.807, 2.05) is 63.3 Å². The molecule has 3 heterocycles. The third-order valence-electron chi connectivity index (χ3n) is 9.30. The molecule has 0 unspecified atom stereocenters. The highest BCUT2D eigenvalue weighted by Gasteiger charge is 2.25. The summed E-state index contributed by atoms with van der Waals surface area (Å²) in [5.74, 6) is 3.06. The SMILES string of the molecule is C=C/C=C\C.CC.COc1ccc(CN(C)Cc2c(OCc3ccccc3)ccc3c(CCC4CCN(CC5OCCO5)CC4)noc23)c(OC)c1. The van der Waals surface area contributed by atoms with Crippen molar-refractivity contribution < 1.29 is 28.2 Å². The van der Waals surface area contributed by atoms with Crippen LogP contribution in [0.2, 0.25) is 0 Å². The Morgan fingerprint density at radius 1 is 0.942 bits per heavy atom. The molecule has 6 rings (SSSR count). The first-order chi connectivity index (χ1) is 25.5. The minimum absolute atomic E-state index is 0.0592. The molecule has 0 spiro atoms. The molecule has 0 atom stereocenters. The van der Waals surface area contributed by atoms with Gasteiger partial charge in [-0.1, -0.05) is 80.2 Å². The molecule has 3 aromatic carbocycles. The number of rotatable bonds is 15. The highest BCUT2D eigenvalue weighted by molar-refractivity contribution is 5.84. The van der Waals surface area contributed by atoms with Gasteiger partial charge in [-0.2, -0.15) is 0 Å². The Balaban J connectivity index is 0.000000797. The number of benzene rings is 3. The van der Waals surface area contributed by atoms with E-state index in [0.717, 1.165) is 83.1 Å². The van der Waals surface area contributed by atoms with Crippen LogP contribution in [0.15, 0.2) is 90.0 Å². The maximum atomic E-state index is 6.40. The molecule has 2 aliphatic heterocycles. The quantitative estimate of drug-likeness (QED) is 0.112. The van der Waals surface area contributed by atoms with Gasteiger partial charge in [-0.25, -0.2) is 0 Å². The van der Waals surface area contributed by atoms with Gasteiger partial charge in [-0.05, 0) is 82.4 Å². The molecule has 0 saturated carbocycles. The standard InChI is InChI=1S/C36H45N3O6.C5H8.C2H6/c1-38(22-28-10-11-29(40-2)21-34(28)41-3)23-31-33(44-25-27-7-5-4-6-8-27)14-12-30-32(37-45-36(30)31)13-9-26-15-17-39(18-16-26)24-35-42-19-20-43-35;1-3-5-4-2;1-2/h4-8,10-12,14,21,26,35H,9,13,15-20,22-25H2,1-3H3;3-5H,1H2,2H3;1-2H3/b;5-4-;. The molecule has 0 bridgehead atoms. The molecule has 1 aromatic heterocycles. The first-order valence-corrected chi connectivity index (χ1v) is 18.7. The van der Waals surface area contributed by atoms with Crippen LogP contribution in [-0.4, -0.2) is 75.4 Å². The highest BCUT2D eigenvalue weighted by Crippen LogP contribution is 2.34.